The third-order valence-electron chi connectivity index (χ3n) is 2.87. The average Bonchev–Trinajstić information content (AvgIpc) is 2.43. The number of aromatic nitrogens is 2. The largest absolute Gasteiger partial charge is 0.370 e. The van der Waals surface area contributed by atoms with Crippen LogP contribution in [0.5, 0.6) is 0 Å². The minimum absolute atomic E-state index is 0.862. The molecule has 0 atom stereocenters. The van der Waals surface area contributed by atoms with E-state index in [2.05, 4.69) is 47.6 Å². The van der Waals surface area contributed by atoms with E-state index in [1.807, 2.05) is 11.8 Å². The van der Waals surface area contributed by atoms with Crippen molar-refractivity contribution in [2.24, 2.45) is 0 Å². The Kier molecular flexibility index (Phi) is 7.63. The minimum Gasteiger partial charge on any atom is -0.370 e. The van der Waals surface area contributed by atoms with Gasteiger partial charge in [0.1, 0.15) is 17.5 Å². The number of hydrogen-bond acceptors (Lipinski definition) is 5. The Hall–Kier alpha value is -0.970. The summed E-state index contributed by atoms with van der Waals surface area (Å²) in [7, 11) is 0. The maximum Gasteiger partial charge on any atom is 0.134 e. The summed E-state index contributed by atoms with van der Waals surface area (Å²) in [4.78, 5) is 9.16. The molecule has 1 heterocycles. The van der Waals surface area contributed by atoms with Gasteiger partial charge in [0.2, 0.25) is 0 Å². The predicted octanol–water partition coefficient (Wildman–Crippen LogP) is 3.33. The highest BCUT2D eigenvalue weighted by Gasteiger charge is 2.09. The molecule has 0 aliphatic carbocycles. The van der Waals surface area contributed by atoms with Gasteiger partial charge in [0.25, 0.3) is 0 Å². The average molecular weight is 282 g/mol. The van der Waals surface area contributed by atoms with Crippen molar-refractivity contribution in [2.45, 2.75) is 40.0 Å². The number of thioether (sulfide) groups is 1. The summed E-state index contributed by atoms with van der Waals surface area (Å²) in [6, 6.07) is 0. The number of hydrogen-bond donors (Lipinski definition) is 2. The zero-order valence-corrected chi connectivity index (χ0v) is 13.4. The first-order chi connectivity index (χ1) is 9.22. The highest BCUT2D eigenvalue weighted by molar-refractivity contribution is 7.98. The first-order valence-corrected chi connectivity index (χ1v) is 8.46. The first kappa shape index (κ1) is 16.1. The molecular weight excluding hydrogens is 256 g/mol. The Morgan fingerprint density at radius 3 is 2.21 bits per heavy atom. The monoisotopic (exact) mass is 282 g/mol. The van der Waals surface area contributed by atoms with Crippen molar-refractivity contribution >= 4 is 23.4 Å². The molecule has 108 valence electrons. The van der Waals surface area contributed by atoms with Gasteiger partial charge in [-0.3, -0.25) is 0 Å². The Balaban J connectivity index is 2.76. The summed E-state index contributed by atoms with van der Waals surface area (Å²) in [5.74, 6) is 4.03. The topological polar surface area (TPSA) is 49.8 Å². The number of nitrogens with one attached hydrogen (secondary N) is 2. The molecule has 0 fully saturated rings. The van der Waals surface area contributed by atoms with Crippen LogP contribution < -0.4 is 10.6 Å². The Morgan fingerprint density at radius 2 is 1.68 bits per heavy atom. The fourth-order valence-corrected chi connectivity index (χ4v) is 2.17. The van der Waals surface area contributed by atoms with Gasteiger partial charge in [0.15, 0.2) is 0 Å². The Labute approximate surface area is 121 Å². The van der Waals surface area contributed by atoms with E-state index in [-0.39, 0.29) is 0 Å². The quantitative estimate of drug-likeness (QED) is 0.680. The van der Waals surface area contributed by atoms with Crippen LogP contribution in [0.25, 0.3) is 0 Å². The SMILES string of the molecule is CCCNc1nc(CC)nc(NCCCSC)c1C. The second kappa shape index (κ2) is 9.02. The van der Waals surface area contributed by atoms with Gasteiger partial charge in [-0.2, -0.15) is 11.8 Å². The summed E-state index contributed by atoms with van der Waals surface area (Å²) in [6.45, 7) is 8.24. The molecule has 1 rings (SSSR count). The van der Waals surface area contributed by atoms with Crippen molar-refractivity contribution in [2.75, 3.05) is 35.7 Å². The lowest BCUT2D eigenvalue weighted by Crippen LogP contribution is -2.12. The van der Waals surface area contributed by atoms with E-state index in [1.54, 1.807) is 0 Å². The molecule has 0 radical (unpaired) electrons. The minimum atomic E-state index is 0.862. The van der Waals surface area contributed by atoms with E-state index < -0.39 is 0 Å². The zero-order chi connectivity index (χ0) is 14.1. The van der Waals surface area contributed by atoms with Crippen molar-refractivity contribution in [3.8, 4) is 0 Å². The van der Waals surface area contributed by atoms with Gasteiger partial charge in [-0.1, -0.05) is 13.8 Å². The van der Waals surface area contributed by atoms with Gasteiger partial charge in [0.05, 0.1) is 0 Å². The van der Waals surface area contributed by atoms with Crippen molar-refractivity contribution in [1.82, 2.24) is 9.97 Å². The lowest BCUT2D eigenvalue weighted by molar-refractivity contribution is 0.896. The second-order valence-electron chi connectivity index (χ2n) is 4.52. The van der Waals surface area contributed by atoms with E-state index in [9.17, 15) is 0 Å². The number of anilines is 2. The first-order valence-electron chi connectivity index (χ1n) is 7.07. The fraction of sp³-hybridized carbons (Fsp3) is 0.714. The molecule has 0 bridgehead atoms. The second-order valence-corrected chi connectivity index (χ2v) is 5.50. The van der Waals surface area contributed by atoms with Crippen LogP contribution in [0.2, 0.25) is 0 Å². The van der Waals surface area contributed by atoms with Crippen LogP contribution >= 0.6 is 11.8 Å². The standard InChI is InChI=1S/C14H26N4S/c1-5-8-15-13-11(3)14(16-9-7-10-19-4)18-12(6-2)17-13/h5-10H2,1-4H3,(H2,15,16,17,18). The van der Waals surface area contributed by atoms with Crippen LogP contribution in [0.4, 0.5) is 11.6 Å². The Morgan fingerprint density at radius 1 is 1.05 bits per heavy atom. The molecule has 0 saturated carbocycles. The molecule has 0 spiro atoms. The predicted molar refractivity (Wildman–Crippen MR) is 86.4 cm³/mol. The van der Waals surface area contributed by atoms with Gasteiger partial charge in [-0.15, -0.1) is 0 Å². The van der Waals surface area contributed by atoms with Gasteiger partial charge in [0, 0.05) is 25.1 Å². The van der Waals surface area contributed by atoms with Gasteiger partial charge >= 0.3 is 0 Å². The highest BCUT2D eigenvalue weighted by Crippen LogP contribution is 2.20. The molecule has 19 heavy (non-hydrogen) atoms. The summed E-state index contributed by atoms with van der Waals surface area (Å²) >= 11 is 1.88. The maximum absolute atomic E-state index is 4.59. The van der Waals surface area contributed by atoms with Crippen molar-refractivity contribution < 1.29 is 0 Å². The van der Waals surface area contributed by atoms with E-state index in [4.69, 9.17) is 0 Å². The van der Waals surface area contributed by atoms with Crippen LogP contribution in [0.3, 0.4) is 0 Å². The summed E-state index contributed by atoms with van der Waals surface area (Å²) in [6.07, 6.45) is 5.25. The fourth-order valence-electron chi connectivity index (χ4n) is 1.73. The van der Waals surface area contributed by atoms with Crippen molar-refractivity contribution in [3.05, 3.63) is 11.4 Å². The Bertz CT molecular complexity index is 382. The molecule has 0 aliphatic heterocycles. The maximum atomic E-state index is 4.59. The molecule has 0 amide bonds. The van der Waals surface area contributed by atoms with Crippen LogP contribution in [0, 0.1) is 6.92 Å². The molecule has 4 nitrogen and oxygen atoms in total. The summed E-state index contributed by atoms with van der Waals surface area (Å²) in [5, 5.41) is 6.82. The molecule has 0 saturated heterocycles. The van der Waals surface area contributed by atoms with Crippen LogP contribution in [0.1, 0.15) is 38.1 Å². The highest BCUT2D eigenvalue weighted by atomic mass is 32.2. The smallest absolute Gasteiger partial charge is 0.134 e. The lowest BCUT2D eigenvalue weighted by atomic mass is 10.2. The summed E-state index contributed by atoms with van der Waals surface area (Å²) < 4.78 is 0. The van der Waals surface area contributed by atoms with Crippen molar-refractivity contribution in [1.29, 1.82) is 0 Å². The van der Waals surface area contributed by atoms with E-state index in [0.29, 0.717) is 0 Å². The van der Waals surface area contributed by atoms with Crippen LogP contribution in [0.15, 0.2) is 0 Å². The third-order valence-corrected chi connectivity index (χ3v) is 3.57. The molecule has 1 aromatic heterocycles. The van der Waals surface area contributed by atoms with Crippen molar-refractivity contribution in [3.63, 3.8) is 0 Å². The molecule has 0 unspecified atom stereocenters. The number of nitrogens with zero attached hydrogens (tertiary/aromatic N) is 2. The number of rotatable bonds is 9. The molecule has 5 heteroatoms. The molecule has 0 aromatic carbocycles. The van der Waals surface area contributed by atoms with Gasteiger partial charge in [-0.25, -0.2) is 9.97 Å². The van der Waals surface area contributed by atoms with Gasteiger partial charge < -0.3 is 10.6 Å². The molecule has 1 aromatic rings. The van der Waals surface area contributed by atoms with Crippen LogP contribution in [-0.4, -0.2) is 35.1 Å². The van der Waals surface area contributed by atoms with Crippen LogP contribution in [-0.2, 0) is 6.42 Å². The molecule has 0 aliphatic rings. The van der Waals surface area contributed by atoms with E-state index >= 15 is 0 Å². The van der Waals surface area contributed by atoms with E-state index in [0.717, 1.165) is 55.4 Å². The lowest BCUT2D eigenvalue weighted by Gasteiger charge is -2.14. The normalized spacial score (nSPS) is 10.5. The molecule has 2 N–H and O–H groups in total. The van der Waals surface area contributed by atoms with E-state index in [1.165, 1.54) is 5.75 Å². The number of aryl methyl sites for hydroxylation is 1. The third kappa shape index (κ3) is 5.27. The summed E-state index contributed by atoms with van der Waals surface area (Å²) in [5.41, 5.74) is 1.12. The zero-order valence-electron chi connectivity index (χ0n) is 12.5. The van der Waals surface area contributed by atoms with Gasteiger partial charge in [-0.05, 0) is 31.8 Å². The molecular formula is C14H26N4S.